The minimum absolute atomic E-state index is 0.490. The van der Waals surface area contributed by atoms with Gasteiger partial charge in [0.1, 0.15) is 0 Å². The van der Waals surface area contributed by atoms with E-state index >= 15 is 0 Å². The van der Waals surface area contributed by atoms with E-state index in [0.29, 0.717) is 6.04 Å². The molecular formula is C6H12N2. The molecule has 46 valence electrons. The van der Waals surface area contributed by atoms with Crippen LogP contribution in [0, 0.1) is 0 Å². The minimum atomic E-state index is 0.490. The fraction of sp³-hybridized carbons (Fsp3) is 0.667. The fourth-order valence-electron chi connectivity index (χ4n) is 0.842. The Morgan fingerprint density at radius 1 is 1.50 bits per heavy atom. The van der Waals surface area contributed by atoms with Crippen molar-refractivity contribution < 1.29 is 0 Å². The maximum Gasteiger partial charge on any atom is 0.0373 e. The van der Waals surface area contributed by atoms with Crippen LogP contribution in [0.2, 0.25) is 0 Å². The van der Waals surface area contributed by atoms with Crippen LogP contribution < -0.4 is 10.6 Å². The van der Waals surface area contributed by atoms with Gasteiger partial charge in [0.2, 0.25) is 0 Å². The van der Waals surface area contributed by atoms with Crippen molar-refractivity contribution in [3.05, 3.63) is 12.7 Å². The van der Waals surface area contributed by atoms with E-state index in [4.69, 9.17) is 0 Å². The Balaban J connectivity index is 2.22. The average molecular weight is 112 g/mol. The lowest BCUT2D eigenvalue weighted by Crippen LogP contribution is -2.46. The number of rotatable bonds is 1. The first kappa shape index (κ1) is 5.79. The summed E-state index contributed by atoms with van der Waals surface area (Å²) >= 11 is 0. The molecule has 2 nitrogen and oxygen atoms in total. The first-order valence-corrected chi connectivity index (χ1v) is 3.00. The van der Waals surface area contributed by atoms with E-state index < -0.39 is 0 Å². The predicted molar refractivity (Wildman–Crippen MR) is 34.9 cm³/mol. The molecule has 0 amide bonds. The van der Waals surface area contributed by atoms with E-state index in [1.807, 2.05) is 6.08 Å². The van der Waals surface area contributed by atoms with Crippen LogP contribution in [0.4, 0.5) is 0 Å². The summed E-state index contributed by atoms with van der Waals surface area (Å²) < 4.78 is 0. The van der Waals surface area contributed by atoms with Crippen LogP contribution in [0.1, 0.15) is 0 Å². The molecule has 8 heavy (non-hydrogen) atoms. The molecule has 1 saturated heterocycles. The van der Waals surface area contributed by atoms with Crippen LogP contribution in [0.5, 0.6) is 0 Å². The van der Waals surface area contributed by atoms with Crippen LogP contribution >= 0.6 is 0 Å². The highest BCUT2D eigenvalue weighted by molar-refractivity contribution is 4.89. The topological polar surface area (TPSA) is 24.1 Å². The lowest BCUT2D eigenvalue weighted by Gasteiger charge is -2.20. The quantitative estimate of drug-likeness (QED) is 0.456. The minimum Gasteiger partial charge on any atom is -0.314 e. The SMILES string of the molecule is C=CC1CNCCN1. The van der Waals surface area contributed by atoms with Crippen LogP contribution in [0.15, 0.2) is 12.7 Å². The highest BCUT2D eigenvalue weighted by Gasteiger charge is 2.05. The van der Waals surface area contributed by atoms with Crippen molar-refractivity contribution in [3.8, 4) is 0 Å². The molecule has 1 aliphatic heterocycles. The molecule has 0 aromatic rings. The van der Waals surface area contributed by atoms with Crippen LogP contribution in [-0.4, -0.2) is 25.7 Å². The average Bonchev–Trinajstić information content (AvgIpc) is 1.90. The van der Waals surface area contributed by atoms with Crippen molar-refractivity contribution in [1.82, 2.24) is 10.6 Å². The Hall–Kier alpha value is -0.340. The van der Waals surface area contributed by atoms with Gasteiger partial charge in [-0.3, -0.25) is 0 Å². The largest absolute Gasteiger partial charge is 0.314 e. The summed E-state index contributed by atoms with van der Waals surface area (Å²) in [6.07, 6.45) is 1.94. The zero-order valence-electron chi connectivity index (χ0n) is 4.98. The van der Waals surface area contributed by atoms with Gasteiger partial charge in [0.15, 0.2) is 0 Å². The summed E-state index contributed by atoms with van der Waals surface area (Å²) in [5.41, 5.74) is 0. The van der Waals surface area contributed by atoms with E-state index in [1.165, 1.54) is 0 Å². The summed E-state index contributed by atoms with van der Waals surface area (Å²) in [4.78, 5) is 0. The zero-order chi connectivity index (χ0) is 5.82. The number of piperazine rings is 1. The lowest BCUT2D eigenvalue weighted by atomic mass is 10.2. The van der Waals surface area contributed by atoms with E-state index in [1.54, 1.807) is 0 Å². The summed E-state index contributed by atoms with van der Waals surface area (Å²) in [6.45, 7) is 6.87. The van der Waals surface area contributed by atoms with E-state index in [9.17, 15) is 0 Å². The molecule has 1 aliphatic rings. The van der Waals surface area contributed by atoms with Gasteiger partial charge in [-0.25, -0.2) is 0 Å². The number of nitrogens with one attached hydrogen (secondary N) is 2. The van der Waals surface area contributed by atoms with Gasteiger partial charge in [-0.15, -0.1) is 6.58 Å². The molecule has 0 saturated carbocycles. The van der Waals surface area contributed by atoms with Crippen molar-refractivity contribution in [2.24, 2.45) is 0 Å². The molecule has 0 spiro atoms. The third-order valence-electron chi connectivity index (χ3n) is 1.36. The molecule has 0 aromatic carbocycles. The van der Waals surface area contributed by atoms with Crippen LogP contribution in [0.25, 0.3) is 0 Å². The third-order valence-corrected chi connectivity index (χ3v) is 1.36. The molecule has 0 aromatic heterocycles. The smallest absolute Gasteiger partial charge is 0.0373 e. The monoisotopic (exact) mass is 112 g/mol. The van der Waals surface area contributed by atoms with Gasteiger partial charge in [-0.05, 0) is 0 Å². The maximum absolute atomic E-state index is 3.68. The Morgan fingerprint density at radius 3 is 2.75 bits per heavy atom. The maximum atomic E-state index is 3.68. The second-order valence-corrected chi connectivity index (χ2v) is 2.00. The van der Waals surface area contributed by atoms with Crippen LogP contribution in [-0.2, 0) is 0 Å². The second-order valence-electron chi connectivity index (χ2n) is 2.00. The third kappa shape index (κ3) is 1.32. The van der Waals surface area contributed by atoms with Crippen molar-refractivity contribution >= 4 is 0 Å². The van der Waals surface area contributed by atoms with E-state index in [-0.39, 0.29) is 0 Å². The van der Waals surface area contributed by atoms with Gasteiger partial charge in [0, 0.05) is 25.7 Å². The lowest BCUT2D eigenvalue weighted by molar-refractivity contribution is 0.471. The number of hydrogen-bond acceptors (Lipinski definition) is 2. The molecule has 1 fully saturated rings. The zero-order valence-corrected chi connectivity index (χ0v) is 4.98. The summed E-state index contributed by atoms with van der Waals surface area (Å²) in [5, 5.41) is 6.54. The van der Waals surface area contributed by atoms with Gasteiger partial charge in [0.25, 0.3) is 0 Å². The molecule has 0 aliphatic carbocycles. The van der Waals surface area contributed by atoms with E-state index in [0.717, 1.165) is 19.6 Å². The molecule has 1 atom stereocenters. The Morgan fingerprint density at radius 2 is 2.38 bits per heavy atom. The van der Waals surface area contributed by atoms with Crippen molar-refractivity contribution in [1.29, 1.82) is 0 Å². The van der Waals surface area contributed by atoms with Gasteiger partial charge in [-0.2, -0.15) is 0 Å². The van der Waals surface area contributed by atoms with E-state index in [2.05, 4.69) is 17.2 Å². The molecule has 1 heterocycles. The second kappa shape index (κ2) is 2.84. The summed E-state index contributed by atoms with van der Waals surface area (Å²) in [5.74, 6) is 0. The predicted octanol–water partition coefficient (Wildman–Crippen LogP) is -0.266. The van der Waals surface area contributed by atoms with Crippen molar-refractivity contribution in [2.45, 2.75) is 6.04 Å². The van der Waals surface area contributed by atoms with Gasteiger partial charge < -0.3 is 10.6 Å². The summed E-state index contributed by atoms with van der Waals surface area (Å²) in [6, 6.07) is 0.490. The van der Waals surface area contributed by atoms with Gasteiger partial charge in [0.05, 0.1) is 0 Å². The van der Waals surface area contributed by atoms with Crippen LogP contribution in [0.3, 0.4) is 0 Å². The molecule has 2 N–H and O–H groups in total. The molecular weight excluding hydrogens is 100 g/mol. The Bertz CT molecular complexity index is 74.6. The highest BCUT2D eigenvalue weighted by atomic mass is 15.0. The molecule has 1 unspecified atom stereocenters. The fourth-order valence-corrected chi connectivity index (χ4v) is 0.842. The molecule has 0 radical (unpaired) electrons. The molecule has 1 rings (SSSR count). The number of hydrogen-bond donors (Lipinski definition) is 2. The van der Waals surface area contributed by atoms with Crippen molar-refractivity contribution in [3.63, 3.8) is 0 Å². The normalized spacial score (nSPS) is 29.8. The summed E-state index contributed by atoms with van der Waals surface area (Å²) in [7, 11) is 0. The first-order valence-electron chi connectivity index (χ1n) is 3.00. The molecule has 2 heteroatoms. The Kier molecular flexibility index (Phi) is 2.06. The highest BCUT2D eigenvalue weighted by Crippen LogP contribution is 1.85. The standard InChI is InChI=1S/C6H12N2/c1-2-6-5-7-3-4-8-6/h2,6-8H,1,3-5H2. The van der Waals surface area contributed by atoms with Crippen molar-refractivity contribution in [2.75, 3.05) is 19.6 Å². The Labute approximate surface area is 50.0 Å². The van der Waals surface area contributed by atoms with Gasteiger partial charge in [-0.1, -0.05) is 6.08 Å². The van der Waals surface area contributed by atoms with Gasteiger partial charge >= 0.3 is 0 Å². The first-order chi connectivity index (χ1) is 3.93. The molecule has 0 bridgehead atoms.